The van der Waals surface area contributed by atoms with Gasteiger partial charge in [-0.1, -0.05) is 5.57 Å². The topological polar surface area (TPSA) is 26.3 Å². The zero-order valence-corrected chi connectivity index (χ0v) is 7.53. The van der Waals surface area contributed by atoms with E-state index in [4.69, 9.17) is 0 Å². The Morgan fingerprint density at radius 1 is 1.42 bits per heavy atom. The molecule has 0 radical (unpaired) electrons. The molecule has 0 N–H and O–H groups in total. The van der Waals surface area contributed by atoms with Gasteiger partial charge in [0.05, 0.1) is 5.75 Å². The molecule has 2 atom stereocenters. The molecule has 1 aliphatic carbocycles. The third-order valence-corrected chi connectivity index (χ3v) is 3.35. The highest BCUT2D eigenvalue weighted by molar-refractivity contribution is 7.80. The van der Waals surface area contributed by atoms with E-state index in [-0.39, 0.29) is 0 Å². The second kappa shape index (κ2) is 3.26. The third-order valence-electron chi connectivity index (χ3n) is 2.39. The Balaban J connectivity index is 2.26. The lowest BCUT2D eigenvalue weighted by Gasteiger charge is -2.26. The van der Waals surface area contributed by atoms with E-state index in [1.165, 1.54) is 0 Å². The smallest absolute Gasteiger partial charge is 0.235 e. The maximum Gasteiger partial charge on any atom is 0.235 e. The van der Waals surface area contributed by atoms with Crippen LogP contribution < -0.4 is 0 Å². The average molecular weight is 190 g/mol. The second-order valence-corrected chi connectivity index (χ2v) is 4.28. The molecule has 2 nitrogen and oxygen atoms in total. The molecule has 0 aromatic heterocycles. The van der Waals surface area contributed by atoms with Crippen molar-refractivity contribution in [2.24, 2.45) is 0 Å². The zero-order valence-electron chi connectivity index (χ0n) is 6.72. The van der Waals surface area contributed by atoms with E-state index in [9.17, 15) is 8.60 Å². The second-order valence-electron chi connectivity index (χ2n) is 3.20. The van der Waals surface area contributed by atoms with Gasteiger partial charge >= 0.3 is 0 Å². The number of halogens is 1. The van der Waals surface area contributed by atoms with Gasteiger partial charge in [0.25, 0.3) is 0 Å². The molecule has 0 amide bonds. The van der Waals surface area contributed by atoms with E-state index in [0.717, 1.165) is 36.8 Å². The summed E-state index contributed by atoms with van der Waals surface area (Å²) in [6.45, 7) is 0. The number of hydrogen-bond acceptors (Lipinski definition) is 2. The van der Waals surface area contributed by atoms with Crippen LogP contribution >= 0.6 is 0 Å². The van der Waals surface area contributed by atoms with Crippen molar-refractivity contribution in [1.82, 2.24) is 0 Å². The Labute approximate surface area is 73.5 Å². The summed E-state index contributed by atoms with van der Waals surface area (Å²) in [6, 6.07) is 0. The summed E-state index contributed by atoms with van der Waals surface area (Å²) >= 11 is -1.42. The fraction of sp³-hybridized carbons (Fsp3) is 0.750. The molecular weight excluding hydrogens is 179 g/mol. The van der Waals surface area contributed by atoms with Crippen molar-refractivity contribution in [3.8, 4) is 0 Å². The van der Waals surface area contributed by atoms with Crippen LogP contribution in [0.3, 0.4) is 0 Å². The first kappa shape index (κ1) is 8.38. The quantitative estimate of drug-likeness (QED) is 0.545. The van der Waals surface area contributed by atoms with Crippen molar-refractivity contribution in [3.63, 3.8) is 0 Å². The summed E-state index contributed by atoms with van der Waals surface area (Å²) in [5.41, 5.74) is 1.80. The van der Waals surface area contributed by atoms with Gasteiger partial charge < -0.3 is 0 Å². The molecule has 0 aromatic rings. The fourth-order valence-electron chi connectivity index (χ4n) is 1.76. The summed E-state index contributed by atoms with van der Waals surface area (Å²) in [7, 11) is 0. The molecule has 1 unspecified atom stereocenters. The van der Waals surface area contributed by atoms with E-state index in [1.807, 2.05) is 0 Å². The molecule has 0 saturated carbocycles. The molecule has 0 spiro atoms. The minimum absolute atomic E-state index is 0.426. The van der Waals surface area contributed by atoms with Crippen LogP contribution in [0.1, 0.15) is 25.7 Å². The molecule has 0 bridgehead atoms. The van der Waals surface area contributed by atoms with Crippen LogP contribution in [0.15, 0.2) is 11.1 Å². The van der Waals surface area contributed by atoms with E-state index < -0.39 is 17.4 Å². The van der Waals surface area contributed by atoms with Gasteiger partial charge in [-0.15, -0.1) is 0 Å². The predicted octanol–water partition coefficient (Wildman–Crippen LogP) is 1.85. The molecule has 1 heterocycles. The van der Waals surface area contributed by atoms with Crippen molar-refractivity contribution < 1.29 is 12.8 Å². The molecule has 68 valence electrons. The van der Waals surface area contributed by atoms with Gasteiger partial charge in [0.2, 0.25) is 6.36 Å². The van der Waals surface area contributed by atoms with Gasteiger partial charge in [0.15, 0.2) is 11.1 Å². The van der Waals surface area contributed by atoms with Gasteiger partial charge in [-0.3, -0.25) is 0 Å². The highest BCUT2D eigenvalue weighted by Gasteiger charge is 2.28. The Morgan fingerprint density at radius 2 is 2.17 bits per heavy atom. The minimum atomic E-state index is -1.42. The van der Waals surface area contributed by atoms with Gasteiger partial charge in [0.1, 0.15) is 0 Å². The van der Waals surface area contributed by atoms with Crippen LogP contribution in [0.2, 0.25) is 0 Å². The summed E-state index contributed by atoms with van der Waals surface area (Å²) in [6.07, 6.45) is 2.44. The van der Waals surface area contributed by atoms with Crippen LogP contribution in [-0.2, 0) is 15.3 Å². The lowest BCUT2D eigenvalue weighted by atomic mass is 9.92. The van der Waals surface area contributed by atoms with Crippen LogP contribution in [0.25, 0.3) is 0 Å². The number of rotatable bonds is 0. The summed E-state index contributed by atoms with van der Waals surface area (Å²) in [5, 5.41) is 0. The first-order chi connectivity index (χ1) is 5.77. The van der Waals surface area contributed by atoms with Crippen LogP contribution in [0.5, 0.6) is 0 Å². The van der Waals surface area contributed by atoms with Crippen molar-refractivity contribution in [2.45, 2.75) is 32.0 Å². The molecule has 0 aromatic carbocycles. The molecule has 4 heteroatoms. The highest BCUT2D eigenvalue weighted by Crippen LogP contribution is 2.33. The van der Waals surface area contributed by atoms with Gasteiger partial charge in [-0.25, -0.2) is 12.8 Å². The number of hydrogen-bond donors (Lipinski definition) is 0. The van der Waals surface area contributed by atoms with Gasteiger partial charge in [0, 0.05) is 0 Å². The SMILES string of the molecule is O=S1CC2=C(CCCC2)[C@@H](F)O1. The molecule has 0 fully saturated rings. The lowest BCUT2D eigenvalue weighted by molar-refractivity contribution is 0.108. The average Bonchev–Trinajstić information content (AvgIpc) is 2.04. The Bertz CT molecular complexity index is 249. The van der Waals surface area contributed by atoms with Gasteiger partial charge in [-0.2, -0.15) is 0 Å². The largest absolute Gasteiger partial charge is 0.249 e. The highest BCUT2D eigenvalue weighted by atomic mass is 32.2. The molecule has 0 saturated heterocycles. The molecule has 1 aliphatic heterocycles. The minimum Gasteiger partial charge on any atom is -0.249 e. The van der Waals surface area contributed by atoms with Crippen LogP contribution in [0, 0.1) is 0 Å². The molecule has 2 rings (SSSR count). The van der Waals surface area contributed by atoms with Crippen LogP contribution in [-0.4, -0.2) is 16.3 Å². The predicted molar refractivity (Wildman–Crippen MR) is 44.5 cm³/mol. The van der Waals surface area contributed by atoms with Crippen molar-refractivity contribution >= 4 is 11.1 Å². The van der Waals surface area contributed by atoms with E-state index in [1.54, 1.807) is 0 Å². The van der Waals surface area contributed by atoms with E-state index in [2.05, 4.69) is 4.18 Å². The maximum atomic E-state index is 13.1. The van der Waals surface area contributed by atoms with Gasteiger partial charge in [-0.05, 0) is 31.3 Å². The Morgan fingerprint density at radius 3 is 3.00 bits per heavy atom. The zero-order chi connectivity index (χ0) is 8.55. The monoisotopic (exact) mass is 190 g/mol. The summed E-state index contributed by atoms with van der Waals surface area (Å²) in [5.74, 6) is 0.426. The van der Waals surface area contributed by atoms with Crippen molar-refractivity contribution in [1.29, 1.82) is 0 Å². The Kier molecular flexibility index (Phi) is 2.28. The van der Waals surface area contributed by atoms with Crippen molar-refractivity contribution in [2.75, 3.05) is 5.75 Å². The van der Waals surface area contributed by atoms with Crippen LogP contribution in [0.4, 0.5) is 4.39 Å². The first-order valence-electron chi connectivity index (χ1n) is 4.18. The number of alkyl halides is 1. The normalized spacial score (nSPS) is 36.4. The standard InChI is InChI=1S/C8H11FO2S/c9-8-7-4-2-1-3-6(7)5-12(10)11-8/h8H,1-5H2/t8-,12?/m0/s1. The first-order valence-corrected chi connectivity index (χ1v) is 5.42. The molecule has 12 heavy (non-hydrogen) atoms. The van der Waals surface area contributed by atoms with E-state index in [0.29, 0.717) is 5.75 Å². The summed E-state index contributed by atoms with van der Waals surface area (Å²) < 4.78 is 28.6. The van der Waals surface area contributed by atoms with Crippen molar-refractivity contribution in [3.05, 3.63) is 11.1 Å². The molecule has 2 aliphatic rings. The Hall–Kier alpha value is -0.220. The lowest BCUT2D eigenvalue weighted by Crippen LogP contribution is -2.25. The maximum absolute atomic E-state index is 13.1. The van der Waals surface area contributed by atoms with E-state index >= 15 is 0 Å². The third kappa shape index (κ3) is 1.45. The fourth-order valence-corrected chi connectivity index (χ4v) is 2.75. The molecular formula is C8H11FO2S. The summed E-state index contributed by atoms with van der Waals surface area (Å²) in [4.78, 5) is 0.